The summed E-state index contributed by atoms with van der Waals surface area (Å²) < 4.78 is 0. The quantitative estimate of drug-likeness (QED) is 0.637. The predicted molar refractivity (Wildman–Crippen MR) is 89.0 cm³/mol. The first kappa shape index (κ1) is 18.5. The molecular formula is C15H18N4O3S. The molecule has 8 heteroatoms. The van der Waals surface area contributed by atoms with Crippen LogP contribution in [0.5, 0.6) is 0 Å². The third-order valence-corrected chi connectivity index (χ3v) is 3.43. The van der Waals surface area contributed by atoms with Crippen LogP contribution in [-0.4, -0.2) is 42.3 Å². The predicted octanol–water partition coefficient (Wildman–Crippen LogP) is 0.746. The minimum absolute atomic E-state index is 0.106. The fraction of sp³-hybridized carbons (Fsp3) is 0.333. The van der Waals surface area contributed by atoms with Gasteiger partial charge < -0.3 is 16.0 Å². The van der Waals surface area contributed by atoms with E-state index >= 15 is 0 Å². The van der Waals surface area contributed by atoms with Crippen LogP contribution in [0.15, 0.2) is 24.3 Å². The monoisotopic (exact) mass is 334 g/mol. The second-order valence-corrected chi connectivity index (χ2v) is 5.53. The largest absolute Gasteiger partial charge is 0.341 e. The third-order valence-electron chi connectivity index (χ3n) is 2.76. The summed E-state index contributed by atoms with van der Waals surface area (Å²) in [5.74, 6) is -0.599. The van der Waals surface area contributed by atoms with Crippen molar-refractivity contribution in [3.63, 3.8) is 0 Å². The van der Waals surface area contributed by atoms with Gasteiger partial charge in [-0.2, -0.15) is 17.0 Å². The lowest BCUT2D eigenvalue weighted by molar-refractivity contribution is -0.122. The Hall–Kier alpha value is -2.53. The van der Waals surface area contributed by atoms with Crippen molar-refractivity contribution in [2.75, 3.05) is 23.9 Å². The van der Waals surface area contributed by atoms with Crippen molar-refractivity contribution in [3.05, 3.63) is 29.8 Å². The van der Waals surface area contributed by atoms with Gasteiger partial charge in [0.1, 0.15) is 12.6 Å². The standard InChI is InChI=1S/C15H18N4O3S/c1-10(20)18-12-5-3-11(4-6-12)14(21)19-13(9-23-2)15(22)17-8-7-16/h3-6,13H,8-9H2,1-2H3,(H,17,22)(H,18,20)(H,19,21). The highest BCUT2D eigenvalue weighted by molar-refractivity contribution is 7.98. The van der Waals surface area contributed by atoms with E-state index in [-0.39, 0.29) is 12.5 Å². The molecule has 1 unspecified atom stereocenters. The zero-order valence-electron chi connectivity index (χ0n) is 12.9. The maximum absolute atomic E-state index is 12.2. The van der Waals surface area contributed by atoms with Gasteiger partial charge >= 0.3 is 0 Å². The van der Waals surface area contributed by atoms with E-state index in [1.807, 2.05) is 12.3 Å². The molecule has 0 spiro atoms. The molecule has 1 rings (SSSR count). The molecule has 3 amide bonds. The highest BCUT2D eigenvalue weighted by atomic mass is 32.2. The maximum atomic E-state index is 12.2. The number of hydrogen-bond acceptors (Lipinski definition) is 5. The van der Waals surface area contributed by atoms with Crippen LogP contribution >= 0.6 is 11.8 Å². The van der Waals surface area contributed by atoms with E-state index in [0.717, 1.165) is 0 Å². The molecule has 1 atom stereocenters. The lowest BCUT2D eigenvalue weighted by Crippen LogP contribution is -2.48. The highest BCUT2D eigenvalue weighted by Gasteiger charge is 2.20. The van der Waals surface area contributed by atoms with Gasteiger partial charge in [-0.25, -0.2) is 0 Å². The fourth-order valence-corrected chi connectivity index (χ4v) is 2.32. The van der Waals surface area contributed by atoms with Crippen LogP contribution in [0.1, 0.15) is 17.3 Å². The van der Waals surface area contributed by atoms with Gasteiger partial charge in [-0.15, -0.1) is 0 Å². The molecule has 0 aliphatic heterocycles. The first-order valence-electron chi connectivity index (χ1n) is 6.80. The first-order chi connectivity index (χ1) is 11.0. The van der Waals surface area contributed by atoms with E-state index in [1.165, 1.54) is 18.7 Å². The summed E-state index contributed by atoms with van der Waals surface area (Å²) in [5.41, 5.74) is 0.958. The van der Waals surface area contributed by atoms with E-state index in [0.29, 0.717) is 17.0 Å². The van der Waals surface area contributed by atoms with E-state index in [2.05, 4.69) is 16.0 Å². The molecular weight excluding hydrogens is 316 g/mol. The number of benzene rings is 1. The molecule has 0 bridgehead atoms. The van der Waals surface area contributed by atoms with Crippen molar-refractivity contribution in [1.29, 1.82) is 5.26 Å². The van der Waals surface area contributed by atoms with Crippen molar-refractivity contribution in [3.8, 4) is 6.07 Å². The van der Waals surface area contributed by atoms with E-state index in [1.54, 1.807) is 24.3 Å². The number of carbonyl (C=O) groups is 3. The zero-order valence-corrected chi connectivity index (χ0v) is 13.7. The Morgan fingerprint density at radius 3 is 2.43 bits per heavy atom. The first-order valence-corrected chi connectivity index (χ1v) is 8.19. The summed E-state index contributed by atoms with van der Waals surface area (Å²) in [4.78, 5) is 35.0. The molecule has 0 radical (unpaired) electrons. The minimum Gasteiger partial charge on any atom is -0.341 e. The van der Waals surface area contributed by atoms with Crippen LogP contribution in [0.2, 0.25) is 0 Å². The minimum atomic E-state index is -0.721. The molecule has 122 valence electrons. The second kappa shape index (κ2) is 9.48. The van der Waals surface area contributed by atoms with E-state index in [4.69, 9.17) is 5.26 Å². The van der Waals surface area contributed by atoms with Crippen LogP contribution in [0.4, 0.5) is 5.69 Å². The summed E-state index contributed by atoms with van der Waals surface area (Å²) in [7, 11) is 0. The van der Waals surface area contributed by atoms with Gasteiger partial charge in [0, 0.05) is 23.9 Å². The van der Waals surface area contributed by atoms with Gasteiger partial charge in [0.2, 0.25) is 11.8 Å². The topological polar surface area (TPSA) is 111 Å². The maximum Gasteiger partial charge on any atom is 0.251 e. The van der Waals surface area contributed by atoms with Gasteiger partial charge in [0.05, 0.1) is 6.07 Å². The number of amides is 3. The summed E-state index contributed by atoms with van der Waals surface area (Å²) in [5, 5.41) is 16.2. The number of hydrogen-bond donors (Lipinski definition) is 3. The number of rotatable bonds is 7. The van der Waals surface area contributed by atoms with Crippen molar-refractivity contribution in [2.24, 2.45) is 0 Å². The summed E-state index contributed by atoms with van der Waals surface area (Å²) >= 11 is 1.41. The number of nitrogens with zero attached hydrogens (tertiary/aromatic N) is 1. The Kier molecular flexibility index (Phi) is 7.63. The van der Waals surface area contributed by atoms with Crippen molar-refractivity contribution in [2.45, 2.75) is 13.0 Å². The van der Waals surface area contributed by atoms with Crippen molar-refractivity contribution >= 4 is 35.2 Å². The van der Waals surface area contributed by atoms with Crippen LogP contribution in [0, 0.1) is 11.3 Å². The number of nitriles is 1. The molecule has 0 heterocycles. The second-order valence-electron chi connectivity index (χ2n) is 4.62. The molecule has 0 saturated heterocycles. The molecule has 23 heavy (non-hydrogen) atoms. The Bertz CT molecular complexity index is 610. The SMILES string of the molecule is CSCC(NC(=O)c1ccc(NC(C)=O)cc1)C(=O)NCC#N. The smallest absolute Gasteiger partial charge is 0.251 e. The molecule has 0 saturated carbocycles. The van der Waals surface area contributed by atoms with Gasteiger partial charge in [0.15, 0.2) is 0 Å². The highest BCUT2D eigenvalue weighted by Crippen LogP contribution is 2.10. The van der Waals surface area contributed by atoms with Gasteiger partial charge in [-0.1, -0.05) is 0 Å². The Labute approximate surface area is 138 Å². The number of thioether (sulfide) groups is 1. The Balaban J connectivity index is 2.72. The molecule has 7 nitrogen and oxygen atoms in total. The lowest BCUT2D eigenvalue weighted by Gasteiger charge is -2.16. The van der Waals surface area contributed by atoms with Crippen molar-refractivity contribution in [1.82, 2.24) is 10.6 Å². The van der Waals surface area contributed by atoms with Crippen LogP contribution in [0.25, 0.3) is 0 Å². The summed E-state index contributed by atoms with van der Waals surface area (Å²) in [6.07, 6.45) is 1.82. The summed E-state index contributed by atoms with van der Waals surface area (Å²) in [6.45, 7) is 1.29. The average Bonchev–Trinajstić information content (AvgIpc) is 2.52. The zero-order chi connectivity index (χ0) is 17.2. The lowest BCUT2D eigenvalue weighted by atomic mass is 10.1. The van der Waals surface area contributed by atoms with Gasteiger partial charge in [-0.05, 0) is 30.5 Å². The van der Waals surface area contributed by atoms with E-state index in [9.17, 15) is 14.4 Å². The molecule has 1 aromatic rings. The van der Waals surface area contributed by atoms with E-state index < -0.39 is 17.9 Å². The third kappa shape index (κ3) is 6.40. The molecule has 3 N–H and O–H groups in total. The van der Waals surface area contributed by atoms with Crippen molar-refractivity contribution < 1.29 is 14.4 Å². The molecule has 0 aliphatic rings. The number of nitrogens with one attached hydrogen (secondary N) is 3. The fourth-order valence-electron chi connectivity index (χ4n) is 1.75. The van der Waals surface area contributed by atoms with Gasteiger partial charge in [-0.3, -0.25) is 14.4 Å². The molecule has 1 aromatic carbocycles. The van der Waals surface area contributed by atoms with Gasteiger partial charge in [0.25, 0.3) is 5.91 Å². The van der Waals surface area contributed by atoms with Crippen LogP contribution in [0.3, 0.4) is 0 Å². The summed E-state index contributed by atoms with van der Waals surface area (Å²) in [6, 6.07) is 7.43. The number of anilines is 1. The Morgan fingerprint density at radius 1 is 1.26 bits per heavy atom. The number of carbonyl (C=O) groups excluding carboxylic acids is 3. The average molecular weight is 334 g/mol. The van der Waals surface area contributed by atoms with Crippen LogP contribution in [-0.2, 0) is 9.59 Å². The van der Waals surface area contributed by atoms with Crippen LogP contribution < -0.4 is 16.0 Å². The Morgan fingerprint density at radius 2 is 1.91 bits per heavy atom. The molecule has 0 fully saturated rings. The molecule has 0 aromatic heterocycles. The normalized spacial score (nSPS) is 11.0. The molecule has 0 aliphatic carbocycles.